The number of nitrogens with one attached hydrogen (secondary N) is 1. The topological polar surface area (TPSA) is 81.4 Å². The van der Waals surface area contributed by atoms with Crippen molar-refractivity contribution in [3.05, 3.63) is 54.1 Å². The summed E-state index contributed by atoms with van der Waals surface area (Å²) in [6.45, 7) is 0.594. The van der Waals surface area contributed by atoms with E-state index in [-0.39, 0.29) is 4.90 Å². The van der Waals surface area contributed by atoms with E-state index in [4.69, 9.17) is 9.88 Å². The van der Waals surface area contributed by atoms with Crippen molar-refractivity contribution in [1.29, 1.82) is 0 Å². The Labute approximate surface area is 118 Å². The van der Waals surface area contributed by atoms with Crippen LogP contribution in [-0.2, 0) is 16.6 Å². The van der Waals surface area contributed by atoms with Crippen LogP contribution >= 0.6 is 0 Å². The summed E-state index contributed by atoms with van der Waals surface area (Å²) in [5, 5.41) is 8.28. The fourth-order valence-corrected chi connectivity index (χ4v) is 2.23. The van der Waals surface area contributed by atoms with E-state index in [1.54, 1.807) is 19.2 Å². The van der Waals surface area contributed by atoms with Crippen LogP contribution in [0.25, 0.3) is 0 Å². The summed E-state index contributed by atoms with van der Waals surface area (Å²) in [5.41, 5.74) is 1.93. The van der Waals surface area contributed by atoms with Crippen molar-refractivity contribution < 1.29 is 13.2 Å². The quantitative estimate of drug-likeness (QED) is 0.882. The number of rotatable bonds is 5. The van der Waals surface area contributed by atoms with Crippen LogP contribution in [0.15, 0.2) is 53.4 Å². The Hall–Kier alpha value is -2.05. The molecule has 0 radical (unpaired) electrons. The van der Waals surface area contributed by atoms with Crippen LogP contribution in [0.5, 0.6) is 5.75 Å². The van der Waals surface area contributed by atoms with E-state index in [0.29, 0.717) is 6.54 Å². The molecule has 0 aliphatic rings. The van der Waals surface area contributed by atoms with E-state index >= 15 is 0 Å². The molecule has 0 aliphatic carbocycles. The zero-order chi connectivity index (χ0) is 14.6. The molecule has 3 N–H and O–H groups in total. The van der Waals surface area contributed by atoms with E-state index in [1.165, 1.54) is 12.1 Å². The van der Waals surface area contributed by atoms with Gasteiger partial charge in [-0.25, -0.2) is 13.6 Å². The Morgan fingerprint density at radius 1 is 1.05 bits per heavy atom. The first-order valence-electron chi connectivity index (χ1n) is 5.99. The van der Waals surface area contributed by atoms with Crippen molar-refractivity contribution in [3.8, 4) is 5.75 Å². The fourth-order valence-electron chi connectivity index (χ4n) is 1.71. The summed E-state index contributed by atoms with van der Waals surface area (Å²) >= 11 is 0. The van der Waals surface area contributed by atoms with Gasteiger partial charge in [0.15, 0.2) is 0 Å². The van der Waals surface area contributed by atoms with Gasteiger partial charge in [-0.05, 0) is 42.0 Å². The third-order valence-corrected chi connectivity index (χ3v) is 3.77. The van der Waals surface area contributed by atoms with Gasteiger partial charge in [-0.2, -0.15) is 0 Å². The number of ether oxygens (including phenoxy) is 1. The molecule has 2 aromatic carbocycles. The summed E-state index contributed by atoms with van der Waals surface area (Å²) in [4.78, 5) is 0.116. The van der Waals surface area contributed by atoms with Gasteiger partial charge >= 0.3 is 0 Å². The standard InChI is InChI=1S/C14H16N2O3S/c1-19-13-6-4-12(5-7-13)16-10-11-2-8-14(9-3-11)20(15,17)18/h2-9,16H,10H2,1H3,(H2,15,17,18). The van der Waals surface area contributed by atoms with Gasteiger partial charge in [0, 0.05) is 12.2 Å². The maximum Gasteiger partial charge on any atom is 0.238 e. The van der Waals surface area contributed by atoms with Crippen LogP contribution < -0.4 is 15.2 Å². The molecule has 0 amide bonds. The second-order valence-corrected chi connectivity index (χ2v) is 5.83. The van der Waals surface area contributed by atoms with Crippen molar-refractivity contribution in [2.75, 3.05) is 12.4 Å². The van der Waals surface area contributed by atoms with Gasteiger partial charge < -0.3 is 10.1 Å². The monoisotopic (exact) mass is 292 g/mol. The van der Waals surface area contributed by atoms with E-state index in [9.17, 15) is 8.42 Å². The second-order valence-electron chi connectivity index (χ2n) is 4.27. The number of hydrogen-bond donors (Lipinski definition) is 2. The minimum atomic E-state index is -3.63. The molecule has 0 saturated carbocycles. The predicted octanol–water partition coefficient (Wildman–Crippen LogP) is 1.95. The Morgan fingerprint density at radius 3 is 2.15 bits per heavy atom. The third-order valence-electron chi connectivity index (χ3n) is 2.84. The maximum atomic E-state index is 11.1. The highest BCUT2D eigenvalue weighted by molar-refractivity contribution is 7.89. The van der Waals surface area contributed by atoms with Gasteiger partial charge in [-0.15, -0.1) is 0 Å². The molecule has 2 aromatic rings. The van der Waals surface area contributed by atoms with Crippen molar-refractivity contribution in [1.82, 2.24) is 0 Å². The number of primary sulfonamides is 1. The lowest BCUT2D eigenvalue weighted by atomic mass is 10.2. The van der Waals surface area contributed by atoms with Crippen molar-refractivity contribution in [3.63, 3.8) is 0 Å². The lowest BCUT2D eigenvalue weighted by molar-refractivity contribution is 0.415. The highest BCUT2D eigenvalue weighted by Gasteiger charge is 2.06. The van der Waals surface area contributed by atoms with Gasteiger partial charge in [0.2, 0.25) is 10.0 Å². The predicted molar refractivity (Wildman–Crippen MR) is 78.1 cm³/mol. The number of benzene rings is 2. The highest BCUT2D eigenvalue weighted by Crippen LogP contribution is 2.16. The molecule has 0 fully saturated rings. The summed E-state index contributed by atoms with van der Waals surface area (Å²) in [7, 11) is -2.01. The average molecular weight is 292 g/mol. The molecule has 5 nitrogen and oxygen atoms in total. The molecule has 20 heavy (non-hydrogen) atoms. The largest absolute Gasteiger partial charge is 0.497 e. The van der Waals surface area contributed by atoms with Crippen LogP contribution in [0.3, 0.4) is 0 Å². The zero-order valence-corrected chi connectivity index (χ0v) is 11.9. The number of sulfonamides is 1. The van der Waals surface area contributed by atoms with Crippen LogP contribution in [-0.4, -0.2) is 15.5 Å². The molecule has 0 unspecified atom stereocenters. The molecular formula is C14H16N2O3S. The first-order chi connectivity index (χ1) is 9.49. The fraction of sp³-hybridized carbons (Fsp3) is 0.143. The Balaban J connectivity index is 2.00. The summed E-state index contributed by atoms with van der Waals surface area (Å²) in [6.07, 6.45) is 0. The van der Waals surface area contributed by atoms with Crippen LogP contribution in [0.2, 0.25) is 0 Å². The molecule has 6 heteroatoms. The van der Waals surface area contributed by atoms with Gasteiger partial charge in [0.05, 0.1) is 12.0 Å². The van der Waals surface area contributed by atoms with Gasteiger partial charge in [-0.1, -0.05) is 12.1 Å². The van der Waals surface area contributed by atoms with Crippen LogP contribution in [0.4, 0.5) is 5.69 Å². The summed E-state index contributed by atoms with van der Waals surface area (Å²) < 4.78 is 27.3. The molecule has 0 heterocycles. The van der Waals surface area contributed by atoms with E-state index in [1.807, 2.05) is 24.3 Å². The smallest absolute Gasteiger partial charge is 0.238 e. The molecule has 106 valence electrons. The Bertz CT molecular complexity index is 665. The normalized spacial score (nSPS) is 11.1. The average Bonchev–Trinajstić information content (AvgIpc) is 2.45. The lowest BCUT2D eigenvalue weighted by Crippen LogP contribution is -2.12. The molecular weight excluding hydrogens is 276 g/mol. The van der Waals surface area contributed by atoms with Crippen LogP contribution in [0.1, 0.15) is 5.56 Å². The second kappa shape index (κ2) is 5.94. The SMILES string of the molecule is COc1ccc(NCc2ccc(S(N)(=O)=O)cc2)cc1. The van der Waals surface area contributed by atoms with Crippen molar-refractivity contribution in [2.24, 2.45) is 5.14 Å². The number of anilines is 1. The van der Waals surface area contributed by atoms with Gasteiger partial charge in [0.1, 0.15) is 5.75 Å². The molecule has 0 atom stereocenters. The Kier molecular flexibility index (Phi) is 4.26. The first kappa shape index (κ1) is 14.4. The Morgan fingerprint density at radius 2 is 1.65 bits per heavy atom. The first-order valence-corrected chi connectivity index (χ1v) is 7.53. The summed E-state index contributed by atoms with van der Waals surface area (Å²) in [6, 6.07) is 14.0. The third kappa shape index (κ3) is 3.72. The molecule has 0 saturated heterocycles. The van der Waals surface area contributed by atoms with Crippen molar-refractivity contribution >= 4 is 15.7 Å². The summed E-state index contributed by atoms with van der Waals surface area (Å²) in [5.74, 6) is 0.799. The van der Waals surface area contributed by atoms with Crippen LogP contribution in [0, 0.1) is 0 Å². The molecule has 0 spiro atoms. The number of hydrogen-bond acceptors (Lipinski definition) is 4. The minimum absolute atomic E-state index is 0.116. The van der Waals surface area contributed by atoms with Gasteiger partial charge in [0.25, 0.3) is 0 Å². The molecule has 0 aliphatic heterocycles. The molecule has 0 aromatic heterocycles. The number of methoxy groups -OCH3 is 1. The molecule has 2 rings (SSSR count). The van der Waals surface area contributed by atoms with Gasteiger partial charge in [-0.3, -0.25) is 0 Å². The maximum absolute atomic E-state index is 11.1. The van der Waals surface area contributed by atoms with Crippen molar-refractivity contribution in [2.45, 2.75) is 11.4 Å². The number of nitrogens with two attached hydrogens (primary N) is 1. The minimum Gasteiger partial charge on any atom is -0.497 e. The highest BCUT2D eigenvalue weighted by atomic mass is 32.2. The van der Waals surface area contributed by atoms with E-state index < -0.39 is 10.0 Å². The lowest BCUT2D eigenvalue weighted by Gasteiger charge is -2.08. The van der Waals surface area contributed by atoms with E-state index in [2.05, 4.69) is 5.32 Å². The zero-order valence-electron chi connectivity index (χ0n) is 11.0. The molecule has 0 bridgehead atoms. The van der Waals surface area contributed by atoms with E-state index in [0.717, 1.165) is 17.0 Å².